The number of fused-ring (bicyclic) bond motifs is 1. The predicted octanol–water partition coefficient (Wildman–Crippen LogP) is 3.67. The number of thioether (sulfide) groups is 1. The van der Waals surface area contributed by atoms with Gasteiger partial charge in [0.15, 0.2) is 0 Å². The Kier molecular flexibility index (Phi) is 4.98. The van der Waals surface area contributed by atoms with Crippen LogP contribution in [-0.2, 0) is 0 Å². The van der Waals surface area contributed by atoms with E-state index in [0.717, 1.165) is 6.54 Å². The van der Waals surface area contributed by atoms with Crippen molar-refractivity contribution in [2.45, 2.75) is 30.7 Å². The Bertz CT molecular complexity index is 423. The molecule has 1 aliphatic rings. The van der Waals surface area contributed by atoms with Gasteiger partial charge in [-0.2, -0.15) is 0 Å². The van der Waals surface area contributed by atoms with Crippen molar-refractivity contribution in [3.8, 4) is 0 Å². The lowest BCUT2D eigenvalue weighted by molar-refractivity contribution is 0.577. The van der Waals surface area contributed by atoms with Crippen LogP contribution in [0.4, 0.5) is 5.69 Å². The third-order valence-electron chi connectivity index (χ3n) is 3.47. The van der Waals surface area contributed by atoms with Crippen LogP contribution in [0.1, 0.15) is 18.4 Å². The lowest BCUT2D eigenvalue weighted by atomic mass is 10.1. The Balaban J connectivity index is 2.15. The lowest BCUT2D eigenvalue weighted by Gasteiger charge is -2.36. The molecule has 1 aromatic rings. The molecule has 0 fully saturated rings. The highest BCUT2D eigenvalue weighted by Gasteiger charge is 2.25. The highest BCUT2D eigenvalue weighted by Crippen LogP contribution is 2.42. The van der Waals surface area contributed by atoms with Gasteiger partial charge in [-0.15, -0.1) is 11.8 Å². The molecule has 0 saturated heterocycles. The molecule has 18 heavy (non-hydrogen) atoms. The molecule has 1 heterocycles. The van der Waals surface area contributed by atoms with E-state index in [0.29, 0.717) is 6.04 Å². The maximum atomic E-state index is 3.72. The van der Waals surface area contributed by atoms with Crippen LogP contribution >= 0.6 is 27.7 Å². The number of nitrogens with zero attached hydrogens (tertiary/aromatic N) is 1. The molecule has 0 aliphatic carbocycles. The van der Waals surface area contributed by atoms with Crippen molar-refractivity contribution in [3.05, 3.63) is 22.2 Å². The Morgan fingerprint density at radius 3 is 3.00 bits per heavy atom. The molecule has 1 atom stereocenters. The number of nitrogens with one attached hydrogen (secondary N) is 1. The summed E-state index contributed by atoms with van der Waals surface area (Å²) in [6.07, 6.45) is 2.50. The van der Waals surface area contributed by atoms with E-state index >= 15 is 0 Å². The third-order valence-corrected chi connectivity index (χ3v) is 5.25. The Morgan fingerprint density at radius 2 is 2.28 bits per heavy atom. The topological polar surface area (TPSA) is 15.3 Å². The average Bonchev–Trinajstić information content (AvgIpc) is 2.31. The summed E-state index contributed by atoms with van der Waals surface area (Å²) in [6.45, 7) is 3.27. The minimum absolute atomic E-state index is 0.648. The molecule has 1 aromatic carbocycles. The fourth-order valence-electron chi connectivity index (χ4n) is 2.43. The summed E-state index contributed by atoms with van der Waals surface area (Å²) < 4.78 is 1.23. The maximum Gasteiger partial charge on any atom is 0.0649 e. The highest BCUT2D eigenvalue weighted by molar-refractivity contribution is 9.10. The van der Waals surface area contributed by atoms with Crippen LogP contribution in [0.2, 0.25) is 0 Å². The molecule has 0 amide bonds. The predicted molar refractivity (Wildman–Crippen MR) is 85.0 cm³/mol. The van der Waals surface area contributed by atoms with Gasteiger partial charge in [-0.1, -0.05) is 0 Å². The van der Waals surface area contributed by atoms with Crippen LogP contribution < -0.4 is 10.2 Å². The molecular weight excluding hydrogens is 308 g/mol. The van der Waals surface area contributed by atoms with E-state index < -0.39 is 0 Å². The second kappa shape index (κ2) is 6.31. The SMILES string of the molecule is CNCCCC1CSc2cc(C)cc(Br)c2N1C. The van der Waals surface area contributed by atoms with Crippen molar-refractivity contribution in [2.24, 2.45) is 0 Å². The zero-order chi connectivity index (χ0) is 13.1. The lowest BCUT2D eigenvalue weighted by Crippen LogP contribution is -2.37. The molecule has 100 valence electrons. The van der Waals surface area contributed by atoms with E-state index in [2.05, 4.69) is 52.3 Å². The molecule has 2 nitrogen and oxygen atoms in total. The van der Waals surface area contributed by atoms with E-state index in [-0.39, 0.29) is 0 Å². The Labute approximate surface area is 123 Å². The minimum atomic E-state index is 0.648. The normalized spacial score (nSPS) is 18.9. The summed E-state index contributed by atoms with van der Waals surface area (Å²) >= 11 is 5.71. The number of aryl methyl sites for hydroxylation is 1. The van der Waals surface area contributed by atoms with Gasteiger partial charge in [0.25, 0.3) is 0 Å². The molecule has 0 saturated carbocycles. The second-order valence-corrected chi connectivity index (χ2v) is 6.83. The first-order chi connectivity index (χ1) is 8.63. The van der Waals surface area contributed by atoms with Crippen LogP contribution in [0.25, 0.3) is 0 Å². The van der Waals surface area contributed by atoms with Crippen molar-refractivity contribution < 1.29 is 0 Å². The highest BCUT2D eigenvalue weighted by atomic mass is 79.9. The summed E-state index contributed by atoms with van der Waals surface area (Å²) in [6, 6.07) is 5.16. The molecule has 1 N–H and O–H groups in total. The number of rotatable bonds is 4. The van der Waals surface area contributed by atoms with Crippen molar-refractivity contribution in [2.75, 3.05) is 31.3 Å². The number of halogens is 1. The average molecular weight is 329 g/mol. The number of hydrogen-bond acceptors (Lipinski definition) is 3. The van der Waals surface area contributed by atoms with E-state index in [1.165, 1.54) is 39.2 Å². The minimum Gasteiger partial charge on any atom is -0.369 e. The van der Waals surface area contributed by atoms with Crippen LogP contribution in [0.5, 0.6) is 0 Å². The van der Waals surface area contributed by atoms with E-state index in [1.54, 1.807) is 0 Å². The van der Waals surface area contributed by atoms with Gasteiger partial charge in [0.2, 0.25) is 0 Å². The third kappa shape index (κ3) is 3.03. The molecule has 0 radical (unpaired) electrons. The smallest absolute Gasteiger partial charge is 0.0649 e. The largest absolute Gasteiger partial charge is 0.369 e. The molecule has 1 unspecified atom stereocenters. The Hall–Kier alpha value is -0.190. The summed E-state index contributed by atoms with van der Waals surface area (Å²) in [7, 11) is 4.25. The first kappa shape index (κ1) is 14.2. The maximum absolute atomic E-state index is 3.72. The van der Waals surface area contributed by atoms with Crippen molar-refractivity contribution in [1.82, 2.24) is 5.32 Å². The summed E-state index contributed by atoms with van der Waals surface area (Å²) in [5.74, 6) is 1.20. The standard InChI is InChI=1S/C14H21BrN2S/c1-10-7-12(15)14-13(8-10)18-9-11(17(14)3)5-4-6-16-2/h7-8,11,16H,4-6,9H2,1-3H3. The first-order valence-electron chi connectivity index (χ1n) is 6.44. The molecule has 2 rings (SSSR count). The van der Waals surface area contributed by atoms with Gasteiger partial charge in [0, 0.05) is 28.2 Å². The van der Waals surface area contributed by atoms with Crippen LogP contribution in [0.15, 0.2) is 21.5 Å². The van der Waals surface area contributed by atoms with Gasteiger partial charge < -0.3 is 10.2 Å². The quantitative estimate of drug-likeness (QED) is 0.849. The number of benzene rings is 1. The van der Waals surface area contributed by atoms with Crippen molar-refractivity contribution >= 4 is 33.4 Å². The van der Waals surface area contributed by atoms with E-state index in [9.17, 15) is 0 Å². The van der Waals surface area contributed by atoms with Crippen LogP contribution in [0.3, 0.4) is 0 Å². The van der Waals surface area contributed by atoms with Gasteiger partial charge >= 0.3 is 0 Å². The van der Waals surface area contributed by atoms with Crippen molar-refractivity contribution in [1.29, 1.82) is 0 Å². The molecule has 0 aromatic heterocycles. The summed E-state index contributed by atoms with van der Waals surface area (Å²) in [5, 5.41) is 3.23. The second-order valence-electron chi connectivity index (χ2n) is 4.92. The van der Waals surface area contributed by atoms with Gasteiger partial charge in [-0.25, -0.2) is 0 Å². The van der Waals surface area contributed by atoms with E-state index in [4.69, 9.17) is 0 Å². The molecule has 1 aliphatic heterocycles. The summed E-state index contributed by atoms with van der Waals surface area (Å²) in [4.78, 5) is 3.86. The Morgan fingerprint density at radius 1 is 1.50 bits per heavy atom. The van der Waals surface area contributed by atoms with Gasteiger partial charge in [0.1, 0.15) is 0 Å². The molecular formula is C14H21BrN2S. The monoisotopic (exact) mass is 328 g/mol. The zero-order valence-electron chi connectivity index (χ0n) is 11.3. The summed E-state index contributed by atoms with van der Waals surface area (Å²) in [5.41, 5.74) is 2.70. The van der Waals surface area contributed by atoms with Gasteiger partial charge in [0.05, 0.1) is 5.69 Å². The number of anilines is 1. The van der Waals surface area contributed by atoms with Gasteiger partial charge in [-0.3, -0.25) is 0 Å². The van der Waals surface area contributed by atoms with E-state index in [1.807, 2.05) is 18.8 Å². The van der Waals surface area contributed by atoms with Crippen molar-refractivity contribution in [3.63, 3.8) is 0 Å². The fraction of sp³-hybridized carbons (Fsp3) is 0.571. The van der Waals surface area contributed by atoms with Gasteiger partial charge in [-0.05, 0) is 67.0 Å². The molecule has 0 bridgehead atoms. The molecule has 4 heteroatoms. The fourth-order valence-corrected chi connectivity index (χ4v) is 4.83. The van der Waals surface area contributed by atoms with Crippen LogP contribution in [-0.4, -0.2) is 32.4 Å². The molecule has 0 spiro atoms. The number of hydrogen-bond donors (Lipinski definition) is 1. The first-order valence-corrected chi connectivity index (χ1v) is 8.21. The zero-order valence-corrected chi connectivity index (χ0v) is 13.7. The van der Waals surface area contributed by atoms with Crippen LogP contribution in [0, 0.1) is 6.92 Å².